The molecule has 0 aliphatic rings. The van der Waals surface area contributed by atoms with Crippen LogP contribution in [-0.4, -0.2) is 32.0 Å². The average molecular weight is 348 g/mol. The Kier molecular flexibility index (Phi) is 6.02. The number of aryl methyl sites for hydroxylation is 2. The molecule has 2 aromatic rings. The molecule has 1 N–H and O–H groups in total. The molecular weight excluding hydrogens is 324 g/mol. The summed E-state index contributed by atoms with van der Waals surface area (Å²) in [6, 6.07) is 14.9. The van der Waals surface area contributed by atoms with E-state index in [0.29, 0.717) is 5.75 Å². The highest BCUT2D eigenvalue weighted by Crippen LogP contribution is 2.24. The largest absolute Gasteiger partial charge is 0.491 e. The third kappa shape index (κ3) is 4.82. The van der Waals surface area contributed by atoms with Crippen LogP contribution in [0.1, 0.15) is 28.9 Å². The first kappa shape index (κ1) is 18.5. The second kappa shape index (κ2) is 7.81. The van der Waals surface area contributed by atoms with E-state index in [1.807, 2.05) is 50.2 Å². The van der Waals surface area contributed by atoms with Crippen LogP contribution in [-0.2, 0) is 9.84 Å². The van der Waals surface area contributed by atoms with Crippen LogP contribution in [0.25, 0.3) is 0 Å². The van der Waals surface area contributed by atoms with Crippen LogP contribution >= 0.6 is 0 Å². The molecule has 24 heavy (non-hydrogen) atoms. The molecule has 0 radical (unpaired) electrons. The fourth-order valence-corrected chi connectivity index (χ4v) is 3.98. The first-order valence-electron chi connectivity index (χ1n) is 7.94. The van der Waals surface area contributed by atoms with Crippen molar-refractivity contribution in [1.29, 1.82) is 0 Å². The highest BCUT2D eigenvalue weighted by Gasteiger charge is 2.26. The van der Waals surface area contributed by atoms with Crippen molar-refractivity contribution in [3.8, 4) is 5.75 Å². The van der Waals surface area contributed by atoms with E-state index in [4.69, 9.17) is 4.74 Å². The van der Waals surface area contributed by atoms with Crippen molar-refractivity contribution in [1.82, 2.24) is 0 Å². The molecule has 0 bridgehead atoms. The molecule has 0 fully saturated rings. The van der Waals surface area contributed by atoms with E-state index >= 15 is 0 Å². The highest BCUT2D eigenvalue weighted by atomic mass is 32.2. The first-order chi connectivity index (χ1) is 11.3. The number of aliphatic hydroxyl groups excluding tert-OH is 1. The molecule has 2 rings (SSSR count). The van der Waals surface area contributed by atoms with Crippen LogP contribution in [0.4, 0.5) is 0 Å². The Labute approximate surface area is 144 Å². The molecule has 0 aliphatic heterocycles. The number of para-hydroxylation sites is 1. The monoisotopic (exact) mass is 348 g/mol. The second-order valence-electron chi connectivity index (χ2n) is 6.12. The molecule has 2 unspecified atom stereocenters. The van der Waals surface area contributed by atoms with Gasteiger partial charge < -0.3 is 9.84 Å². The van der Waals surface area contributed by atoms with Crippen molar-refractivity contribution in [3.05, 3.63) is 65.2 Å². The number of hydrogen-bond acceptors (Lipinski definition) is 4. The van der Waals surface area contributed by atoms with Gasteiger partial charge in [0.1, 0.15) is 18.5 Å². The summed E-state index contributed by atoms with van der Waals surface area (Å²) in [6.07, 6.45) is -1.07. The third-order valence-corrected chi connectivity index (χ3v) is 6.20. The van der Waals surface area contributed by atoms with Gasteiger partial charge in [0.05, 0.1) is 11.0 Å². The van der Waals surface area contributed by atoms with Crippen molar-refractivity contribution in [2.24, 2.45) is 0 Å². The van der Waals surface area contributed by atoms with E-state index in [0.717, 1.165) is 16.7 Å². The molecule has 0 saturated heterocycles. The van der Waals surface area contributed by atoms with Gasteiger partial charge in [-0.2, -0.15) is 0 Å². The van der Waals surface area contributed by atoms with Gasteiger partial charge in [0.2, 0.25) is 0 Å². The van der Waals surface area contributed by atoms with E-state index in [-0.39, 0.29) is 12.4 Å². The van der Waals surface area contributed by atoms with Gasteiger partial charge >= 0.3 is 0 Å². The molecule has 5 heteroatoms. The lowest BCUT2D eigenvalue weighted by Gasteiger charge is -2.18. The summed E-state index contributed by atoms with van der Waals surface area (Å²) in [5, 5.41) is 9.42. The minimum Gasteiger partial charge on any atom is -0.491 e. The fourth-order valence-electron chi connectivity index (χ4n) is 2.50. The summed E-state index contributed by atoms with van der Waals surface area (Å²) < 4.78 is 30.6. The number of rotatable bonds is 7. The number of ether oxygens (including phenoxy) is 1. The number of benzene rings is 2. The van der Waals surface area contributed by atoms with Crippen LogP contribution in [0.5, 0.6) is 5.75 Å². The van der Waals surface area contributed by atoms with E-state index in [2.05, 4.69) is 0 Å². The van der Waals surface area contributed by atoms with Crippen molar-refractivity contribution < 1.29 is 18.3 Å². The van der Waals surface area contributed by atoms with Gasteiger partial charge in [0, 0.05) is 0 Å². The van der Waals surface area contributed by atoms with Gasteiger partial charge in [0.15, 0.2) is 9.84 Å². The number of aliphatic hydroxyl groups is 1. The Morgan fingerprint density at radius 3 is 2.46 bits per heavy atom. The topological polar surface area (TPSA) is 63.6 Å². The summed E-state index contributed by atoms with van der Waals surface area (Å²) in [6.45, 7) is 5.43. The molecule has 2 aromatic carbocycles. The minimum atomic E-state index is -3.47. The summed E-state index contributed by atoms with van der Waals surface area (Å²) in [7, 11) is -3.47. The quantitative estimate of drug-likeness (QED) is 0.834. The smallest absolute Gasteiger partial charge is 0.159 e. The first-order valence-corrected chi connectivity index (χ1v) is 9.66. The zero-order valence-electron chi connectivity index (χ0n) is 14.3. The Balaban J connectivity index is 1.99. The predicted molar refractivity (Wildman–Crippen MR) is 96.1 cm³/mol. The summed E-state index contributed by atoms with van der Waals surface area (Å²) >= 11 is 0. The van der Waals surface area contributed by atoms with Gasteiger partial charge in [-0.3, -0.25) is 0 Å². The molecule has 0 saturated carbocycles. The predicted octanol–water partition coefficient (Wildman–Crippen LogP) is 3.22. The maximum atomic E-state index is 12.5. The standard InChI is InChI=1S/C19H24O4S/c1-14-7-6-9-17(11-14)16(3)24(21,22)13-18(20)12-23-19-10-5-4-8-15(19)2/h4-11,16,18,20H,12-13H2,1-3H3. The zero-order valence-corrected chi connectivity index (χ0v) is 15.1. The van der Waals surface area contributed by atoms with Crippen molar-refractivity contribution in [2.45, 2.75) is 32.1 Å². The Hall–Kier alpha value is -1.85. The highest BCUT2D eigenvalue weighted by molar-refractivity contribution is 7.91. The minimum absolute atomic E-state index is 0.0510. The third-order valence-electron chi connectivity index (χ3n) is 4.00. The summed E-state index contributed by atoms with van der Waals surface area (Å²) in [4.78, 5) is 0. The normalized spacial score (nSPS) is 14.2. The zero-order chi connectivity index (χ0) is 17.7. The van der Waals surface area contributed by atoms with Crippen molar-refractivity contribution in [2.75, 3.05) is 12.4 Å². The van der Waals surface area contributed by atoms with Gasteiger partial charge in [-0.1, -0.05) is 48.0 Å². The molecular formula is C19H24O4S. The maximum absolute atomic E-state index is 12.5. The van der Waals surface area contributed by atoms with Crippen LogP contribution in [0, 0.1) is 13.8 Å². The SMILES string of the molecule is Cc1cccc(C(C)S(=O)(=O)CC(O)COc2ccccc2C)c1. The average Bonchev–Trinajstić information content (AvgIpc) is 2.53. The fraction of sp³-hybridized carbons (Fsp3) is 0.368. The van der Waals surface area contributed by atoms with Crippen LogP contribution in [0.3, 0.4) is 0 Å². The summed E-state index contributed by atoms with van der Waals surface area (Å²) in [5.41, 5.74) is 2.70. The Bertz CT molecular complexity index is 783. The molecule has 130 valence electrons. The van der Waals surface area contributed by atoms with Crippen LogP contribution in [0.2, 0.25) is 0 Å². The Morgan fingerprint density at radius 1 is 1.08 bits per heavy atom. The molecule has 0 aliphatic carbocycles. The van der Waals surface area contributed by atoms with Gasteiger partial charge in [-0.25, -0.2) is 8.42 Å². The number of sulfone groups is 1. The maximum Gasteiger partial charge on any atom is 0.159 e. The molecule has 0 heterocycles. The van der Waals surface area contributed by atoms with E-state index in [9.17, 15) is 13.5 Å². The van der Waals surface area contributed by atoms with Gasteiger partial charge in [0.25, 0.3) is 0 Å². The van der Waals surface area contributed by atoms with Crippen LogP contribution < -0.4 is 4.74 Å². The lowest BCUT2D eigenvalue weighted by molar-refractivity contribution is 0.124. The van der Waals surface area contributed by atoms with Gasteiger partial charge in [-0.15, -0.1) is 0 Å². The molecule has 0 amide bonds. The molecule has 2 atom stereocenters. The van der Waals surface area contributed by atoms with Gasteiger partial charge in [-0.05, 0) is 38.0 Å². The van der Waals surface area contributed by atoms with E-state index < -0.39 is 21.2 Å². The van der Waals surface area contributed by atoms with Crippen molar-refractivity contribution in [3.63, 3.8) is 0 Å². The lowest BCUT2D eigenvalue weighted by Crippen LogP contribution is -2.29. The molecule has 0 aromatic heterocycles. The second-order valence-corrected chi connectivity index (χ2v) is 8.48. The molecule has 0 spiro atoms. The Morgan fingerprint density at radius 2 is 1.79 bits per heavy atom. The number of hydrogen-bond donors (Lipinski definition) is 1. The van der Waals surface area contributed by atoms with E-state index in [1.165, 1.54) is 0 Å². The van der Waals surface area contributed by atoms with E-state index in [1.54, 1.807) is 19.1 Å². The lowest BCUT2D eigenvalue weighted by atomic mass is 10.1. The van der Waals surface area contributed by atoms with Crippen LogP contribution in [0.15, 0.2) is 48.5 Å². The molecule has 4 nitrogen and oxygen atoms in total. The summed E-state index contributed by atoms with van der Waals surface area (Å²) in [5.74, 6) is 0.328. The van der Waals surface area contributed by atoms with Crippen molar-refractivity contribution >= 4 is 9.84 Å².